The van der Waals surface area contributed by atoms with E-state index < -0.39 is 41.7 Å². The van der Waals surface area contributed by atoms with Gasteiger partial charge in [-0.3, -0.25) is 9.59 Å². The summed E-state index contributed by atoms with van der Waals surface area (Å²) >= 11 is 0. The van der Waals surface area contributed by atoms with Crippen LogP contribution in [0, 0.1) is 0 Å². The lowest BCUT2D eigenvalue weighted by Gasteiger charge is -2.22. The zero-order valence-corrected chi connectivity index (χ0v) is 23.6. The third-order valence-corrected chi connectivity index (χ3v) is 5.92. The lowest BCUT2D eigenvalue weighted by Crippen LogP contribution is -2.44. The molecular weight excluding hydrogens is 548 g/mol. The summed E-state index contributed by atoms with van der Waals surface area (Å²) in [6, 6.07) is 7.82. The Morgan fingerprint density at radius 3 is 2.02 bits per heavy atom. The largest absolute Gasteiger partial charge is 0.508 e. The van der Waals surface area contributed by atoms with E-state index in [9.17, 15) is 29.4 Å². The summed E-state index contributed by atoms with van der Waals surface area (Å²) in [5.41, 5.74) is 7.80. The number of carbonyl (C=O) groups is 4. The van der Waals surface area contributed by atoms with Crippen LogP contribution in [0.1, 0.15) is 38.8 Å². The molecule has 1 amide bonds. The van der Waals surface area contributed by atoms with Gasteiger partial charge in [0.2, 0.25) is 0 Å². The Morgan fingerprint density at radius 2 is 1.48 bits per heavy atom. The molecule has 2 aromatic heterocycles. The zero-order chi connectivity index (χ0) is 31.2. The molecule has 2 atom stereocenters. The van der Waals surface area contributed by atoms with Crippen molar-refractivity contribution in [1.82, 2.24) is 15.3 Å². The van der Waals surface area contributed by atoms with Crippen LogP contribution in [0.2, 0.25) is 0 Å². The van der Waals surface area contributed by atoms with E-state index in [2.05, 4.69) is 15.3 Å². The van der Waals surface area contributed by atoms with Crippen LogP contribution >= 0.6 is 0 Å². The molecule has 0 spiro atoms. The highest BCUT2D eigenvalue weighted by atomic mass is 16.6. The van der Waals surface area contributed by atoms with Crippen LogP contribution in [0.25, 0.3) is 21.8 Å². The van der Waals surface area contributed by atoms with E-state index in [1.54, 1.807) is 69.6 Å². The van der Waals surface area contributed by atoms with Gasteiger partial charge in [-0.15, -0.1) is 0 Å². The quantitative estimate of drug-likeness (QED) is 0.119. The molecule has 4 rings (SSSR count). The molecule has 224 valence electrons. The molecule has 13 nitrogen and oxygen atoms in total. The number of H-pyrrole nitrogens is 2. The number of benzene rings is 2. The molecule has 0 saturated heterocycles. The minimum atomic E-state index is -1.18. The fraction of sp³-hybridized carbons (Fsp3) is 0.310. The maximum absolute atomic E-state index is 11.9. The fourth-order valence-electron chi connectivity index (χ4n) is 4.09. The number of esters is 1. The Morgan fingerprint density at radius 1 is 0.905 bits per heavy atom. The van der Waals surface area contributed by atoms with Gasteiger partial charge in [0.05, 0.1) is 0 Å². The summed E-state index contributed by atoms with van der Waals surface area (Å²) in [4.78, 5) is 51.2. The number of hydrogen-bond donors (Lipinski definition) is 7. The number of fused-ring (bicyclic) bond motifs is 2. The lowest BCUT2D eigenvalue weighted by molar-refractivity contribution is -0.140. The minimum Gasteiger partial charge on any atom is -0.508 e. The van der Waals surface area contributed by atoms with E-state index in [1.165, 1.54) is 6.92 Å². The zero-order valence-electron chi connectivity index (χ0n) is 23.6. The van der Waals surface area contributed by atoms with E-state index in [-0.39, 0.29) is 18.6 Å². The van der Waals surface area contributed by atoms with Crippen LogP contribution in [-0.4, -0.2) is 67.0 Å². The molecule has 0 aliphatic carbocycles. The van der Waals surface area contributed by atoms with Gasteiger partial charge in [0.15, 0.2) is 0 Å². The predicted octanol–water partition coefficient (Wildman–Crippen LogP) is 3.44. The summed E-state index contributed by atoms with van der Waals surface area (Å²) in [6.45, 7) is 6.38. The second kappa shape index (κ2) is 13.1. The van der Waals surface area contributed by atoms with Crippen LogP contribution in [0.15, 0.2) is 48.8 Å². The molecule has 0 aliphatic heterocycles. The number of carboxylic acid groups (broad SMARTS) is 2. The van der Waals surface area contributed by atoms with Gasteiger partial charge < -0.3 is 45.8 Å². The van der Waals surface area contributed by atoms with E-state index in [0.717, 1.165) is 22.0 Å². The summed E-state index contributed by atoms with van der Waals surface area (Å²) in [5.74, 6) is -2.15. The maximum atomic E-state index is 11.9. The smallest absolute Gasteiger partial charge is 0.408 e. The van der Waals surface area contributed by atoms with Gasteiger partial charge in [0.25, 0.3) is 0 Å². The highest BCUT2D eigenvalue weighted by molar-refractivity contribution is 5.87. The van der Waals surface area contributed by atoms with Crippen molar-refractivity contribution in [3.63, 3.8) is 0 Å². The number of aromatic nitrogens is 2. The first-order chi connectivity index (χ1) is 19.6. The van der Waals surface area contributed by atoms with Crippen molar-refractivity contribution in [2.75, 3.05) is 0 Å². The molecule has 42 heavy (non-hydrogen) atoms. The Labute approximate surface area is 240 Å². The van der Waals surface area contributed by atoms with Crippen molar-refractivity contribution in [1.29, 1.82) is 0 Å². The highest BCUT2D eigenvalue weighted by Gasteiger charge is 2.25. The summed E-state index contributed by atoms with van der Waals surface area (Å²) in [6.07, 6.45) is 2.85. The number of carboxylic acids is 2. The van der Waals surface area contributed by atoms with Gasteiger partial charge in [-0.2, -0.15) is 0 Å². The van der Waals surface area contributed by atoms with Crippen LogP contribution in [0.5, 0.6) is 11.5 Å². The number of ether oxygens (including phenoxy) is 2. The second-order valence-electron chi connectivity index (χ2n) is 10.5. The molecule has 8 N–H and O–H groups in total. The molecule has 0 fully saturated rings. The summed E-state index contributed by atoms with van der Waals surface area (Å²) in [7, 11) is 0. The van der Waals surface area contributed by atoms with Crippen LogP contribution in [0.4, 0.5) is 4.79 Å². The maximum Gasteiger partial charge on any atom is 0.408 e. The first-order valence-electron chi connectivity index (χ1n) is 12.9. The number of rotatable bonds is 8. The molecule has 0 radical (unpaired) electrons. The highest BCUT2D eigenvalue weighted by Crippen LogP contribution is 2.25. The van der Waals surface area contributed by atoms with Crippen LogP contribution < -0.4 is 15.8 Å². The Bertz CT molecular complexity index is 1600. The van der Waals surface area contributed by atoms with Crippen molar-refractivity contribution in [3.05, 3.63) is 59.9 Å². The van der Waals surface area contributed by atoms with Crippen molar-refractivity contribution in [2.24, 2.45) is 5.73 Å². The number of hydrogen-bond acceptors (Lipinski definition) is 8. The monoisotopic (exact) mass is 582 g/mol. The molecule has 4 aromatic rings. The van der Waals surface area contributed by atoms with Crippen molar-refractivity contribution in [3.8, 4) is 11.5 Å². The first-order valence-corrected chi connectivity index (χ1v) is 12.9. The van der Waals surface area contributed by atoms with Crippen molar-refractivity contribution in [2.45, 2.75) is 58.2 Å². The van der Waals surface area contributed by atoms with Gasteiger partial charge in [-0.25, -0.2) is 9.59 Å². The van der Waals surface area contributed by atoms with Gasteiger partial charge >= 0.3 is 24.0 Å². The normalized spacial score (nSPS) is 12.6. The lowest BCUT2D eigenvalue weighted by atomic mass is 10.0. The van der Waals surface area contributed by atoms with E-state index in [1.807, 2.05) is 0 Å². The number of amides is 1. The fourth-order valence-corrected chi connectivity index (χ4v) is 4.09. The standard InChI is InChI=1S/C18H22N2O6.C11H12N2O3/c1-10(21)25-12-5-6-14-13(8-12)11(9-19-14)7-15(16(22)23)20-17(24)26-18(2,3)4;12-9(11(15)16)3-6-5-13-10-2-1-7(14)4-8(6)10/h5-6,8-9,15,19H,7H2,1-4H3,(H,20,24)(H,22,23);1-2,4-5,9,13-14H,3,12H2,(H,15,16)/t15-;9-/m00/s1. The minimum absolute atomic E-state index is 0.0398. The number of carbonyl (C=O) groups excluding carboxylic acids is 2. The van der Waals surface area contributed by atoms with E-state index in [4.69, 9.17) is 20.3 Å². The average Bonchev–Trinajstić information content (AvgIpc) is 3.45. The van der Waals surface area contributed by atoms with E-state index in [0.29, 0.717) is 16.7 Å². The topological polar surface area (TPSA) is 217 Å². The van der Waals surface area contributed by atoms with Crippen molar-refractivity contribution >= 4 is 45.8 Å². The SMILES string of the molecule is CC(=O)Oc1ccc2[nH]cc(C[C@H](NC(=O)OC(C)(C)C)C(=O)O)c2c1.N[C@@H](Cc1c[nH]c2ccc(O)cc12)C(=O)O. The summed E-state index contributed by atoms with van der Waals surface area (Å²) < 4.78 is 10.2. The van der Waals surface area contributed by atoms with Crippen molar-refractivity contribution < 1.29 is 44.0 Å². The molecule has 13 heteroatoms. The number of aromatic hydroxyl groups is 1. The predicted molar refractivity (Wildman–Crippen MR) is 153 cm³/mol. The molecule has 0 aliphatic rings. The van der Waals surface area contributed by atoms with Gasteiger partial charge in [-0.05, 0) is 68.3 Å². The molecule has 2 aromatic carbocycles. The van der Waals surface area contributed by atoms with E-state index >= 15 is 0 Å². The number of nitrogens with one attached hydrogen (secondary N) is 3. The van der Waals surface area contributed by atoms with Gasteiger partial charge in [-0.1, -0.05) is 0 Å². The number of aliphatic carboxylic acids is 2. The third kappa shape index (κ3) is 8.73. The number of nitrogens with two attached hydrogens (primary N) is 1. The van der Waals surface area contributed by atoms with Gasteiger partial charge in [0, 0.05) is 54.0 Å². The molecule has 0 unspecified atom stereocenters. The Hall–Kier alpha value is -5.04. The van der Waals surface area contributed by atoms with Crippen LogP contribution in [0.3, 0.4) is 0 Å². The Kier molecular flexibility index (Phi) is 9.81. The Balaban J connectivity index is 0.000000258. The number of phenols is 1. The molecular formula is C29H34N4O9. The van der Waals surface area contributed by atoms with Gasteiger partial charge in [0.1, 0.15) is 29.2 Å². The third-order valence-electron chi connectivity index (χ3n) is 5.92. The average molecular weight is 583 g/mol. The molecule has 2 heterocycles. The number of alkyl carbamates (subject to hydrolysis) is 1. The molecule has 0 saturated carbocycles. The second-order valence-corrected chi connectivity index (χ2v) is 10.5. The number of aromatic amines is 2. The summed E-state index contributed by atoms with van der Waals surface area (Å²) in [5, 5.41) is 31.4. The first kappa shape index (κ1) is 31.5. The molecule has 0 bridgehead atoms. The number of phenolic OH excluding ortho intramolecular Hbond substituents is 1. The van der Waals surface area contributed by atoms with Crippen LogP contribution in [-0.2, 0) is 32.0 Å².